The van der Waals surface area contributed by atoms with Crippen LogP contribution in [0.5, 0.6) is 0 Å². The SMILES string of the molecule is CC(C(=O)Nc1nnc(C2CC2)s1)C1Sc2ccccc2NC1=O. The molecule has 4 rings (SSSR count). The number of anilines is 2. The highest BCUT2D eigenvalue weighted by Crippen LogP contribution is 2.42. The van der Waals surface area contributed by atoms with Crippen molar-refractivity contribution in [3.8, 4) is 0 Å². The van der Waals surface area contributed by atoms with Crippen LogP contribution in [0.1, 0.15) is 30.7 Å². The van der Waals surface area contributed by atoms with Gasteiger partial charge in [-0.15, -0.1) is 22.0 Å². The number of rotatable bonds is 4. The molecule has 124 valence electrons. The first-order chi connectivity index (χ1) is 11.6. The van der Waals surface area contributed by atoms with Gasteiger partial charge in [-0.25, -0.2) is 0 Å². The first-order valence-corrected chi connectivity index (χ1v) is 9.52. The van der Waals surface area contributed by atoms with Crippen LogP contribution in [0.4, 0.5) is 10.8 Å². The molecule has 2 N–H and O–H groups in total. The molecule has 0 bridgehead atoms. The Hall–Kier alpha value is -1.93. The molecule has 2 amide bonds. The van der Waals surface area contributed by atoms with E-state index in [1.54, 1.807) is 6.92 Å². The number of thioether (sulfide) groups is 1. The van der Waals surface area contributed by atoms with Crippen LogP contribution in [0.2, 0.25) is 0 Å². The number of aromatic nitrogens is 2. The molecule has 8 heteroatoms. The van der Waals surface area contributed by atoms with Gasteiger partial charge in [0.05, 0.1) is 16.9 Å². The van der Waals surface area contributed by atoms with E-state index in [1.165, 1.54) is 23.1 Å². The molecule has 1 aliphatic heterocycles. The van der Waals surface area contributed by atoms with Crippen LogP contribution in [0.25, 0.3) is 0 Å². The summed E-state index contributed by atoms with van der Waals surface area (Å²) in [5.74, 6) is -0.309. The van der Waals surface area contributed by atoms with Crippen molar-refractivity contribution < 1.29 is 9.59 Å². The van der Waals surface area contributed by atoms with Gasteiger partial charge in [0, 0.05) is 10.8 Å². The summed E-state index contributed by atoms with van der Waals surface area (Å²) < 4.78 is 0. The van der Waals surface area contributed by atoms with E-state index in [-0.39, 0.29) is 11.8 Å². The molecule has 0 saturated heterocycles. The number of benzene rings is 1. The van der Waals surface area contributed by atoms with Crippen LogP contribution < -0.4 is 10.6 Å². The predicted octanol–water partition coefficient (Wildman–Crippen LogP) is 3.10. The van der Waals surface area contributed by atoms with Gasteiger partial charge in [-0.2, -0.15) is 0 Å². The average Bonchev–Trinajstić information content (AvgIpc) is 3.33. The number of hydrogen-bond donors (Lipinski definition) is 2. The Kier molecular flexibility index (Phi) is 4.01. The van der Waals surface area contributed by atoms with Crippen molar-refractivity contribution in [2.24, 2.45) is 5.92 Å². The summed E-state index contributed by atoms with van der Waals surface area (Å²) in [6.07, 6.45) is 2.30. The number of nitrogens with one attached hydrogen (secondary N) is 2. The minimum atomic E-state index is -0.475. The lowest BCUT2D eigenvalue weighted by Crippen LogP contribution is -2.39. The maximum absolute atomic E-state index is 12.5. The van der Waals surface area contributed by atoms with Crippen LogP contribution in [-0.2, 0) is 9.59 Å². The molecule has 2 aliphatic rings. The highest BCUT2D eigenvalue weighted by atomic mass is 32.2. The fourth-order valence-corrected chi connectivity index (χ4v) is 4.62. The second-order valence-electron chi connectivity index (χ2n) is 6.02. The summed E-state index contributed by atoms with van der Waals surface area (Å²) in [6, 6.07) is 7.61. The van der Waals surface area contributed by atoms with Gasteiger partial charge in [0.2, 0.25) is 16.9 Å². The smallest absolute Gasteiger partial charge is 0.238 e. The quantitative estimate of drug-likeness (QED) is 0.875. The second kappa shape index (κ2) is 6.18. The summed E-state index contributed by atoms with van der Waals surface area (Å²) in [7, 11) is 0. The summed E-state index contributed by atoms with van der Waals surface area (Å²) in [5, 5.41) is 14.8. The standard InChI is InChI=1S/C16H16N4O2S2/c1-8(12-14(22)17-10-4-2-3-5-11(10)23-12)13(21)18-16-20-19-15(24-16)9-6-7-9/h2-5,8-9,12H,6-7H2,1H3,(H,17,22)(H,18,20,21). The molecular weight excluding hydrogens is 344 g/mol. The van der Waals surface area contributed by atoms with Crippen LogP contribution in [0.3, 0.4) is 0 Å². The van der Waals surface area contributed by atoms with E-state index < -0.39 is 11.2 Å². The van der Waals surface area contributed by atoms with Crippen molar-refractivity contribution >= 4 is 45.7 Å². The Morgan fingerprint density at radius 3 is 2.92 bits per heavy atom. The molecule has 2 unspecified atom stereocenters. The number of carbonyl (C=O) groups is 2. The van der Waals surface area contributed by atoms with Crippen molar-refractivity contribution in [1.82, 2.24) is 10.2 Å². The van der Waals surface area contributed by atoms with E-state index >= 15 is 0 Å². The van der Waals surface area contributed by atoms with Gasteiger partial charge in [-0.05, 0) is 25.0 Å². The van der Waals surface area contributed by atoms with Crippen LogP contribution in [-0.4, -0.2) is 27.3 Å². The fourth-order valence-electron chi connectivity index (χ4n) is 2.53. The summed E-state index contributed by atoms with van der Waals surface area (Å²) in [5.41, 5.74) is 0.801. The molecule has 2 aromatic rings. The van der Waals surface area contributed by atoms with Crippen molar-refractivity contribution in [2.75, 3.05) is 10.6 Å². The zero-order valence-corrected chi connectivity index (χ0v) is 14.6. The zero-order chi connectivity index (χ0) is 16.7. The molecule has 1 saturated carbocycles. The number of hydrogen-bond acceptors (Lipinski definition) is 6. The zero-order valence-electron chi connectivity index (χ0n) is 13.0. The molecule has 2 heterocycles. The molecule has 0 radical (unpaired) electrons. The number of nitrogens with zero attached hydrogens (tertiary/aromatic N) is 2. The van der Waals surface area contributed by atoms with Crippen molar-refractivity contribution in [3.05, 3.63) is 29.3 Å². The number of amides is 2. The van der Waals surface area contributed by atoms with Gasteiger partial charge >= 0.3 is 0 Å². The topological polar surface area (TPSA) is 84.0 Å². The third-order valence-electron chi connectivity index (χ3n) is 4.12. The normalized spacial score (nSPS) is 20.9. The Labute approximate surface area is 147 Å². The van der Waals surface area contributed by atoms with Crippen molar-refractivity contribution in [1.29, 1.82) is 0 Å². The summed E-state index contributed by atoms with van der Waals surface area (Å²) in [4.78, 5) is 25.8. The third kappa shape index (κ3) is 3.03. The van der Waals surface area contributed by atoms with E-state index in [9.17, 15) is 9.59 Å². The molecule has 24 heavy (non-hydrogen) atoms. The van der Waals surface area contributed by atoms with E-state index in [0.717, 1.165) is 28.4 Å². The Bertz CT molecular complexity index is 803. The number of fused-ring (bicyclic) bond motifs is 1. The molecule has 1 aliphatic carbocycles. The largest absolute Gasteiger partial charge is 0.324 e. The van der Waals surface area contributed by atoms with Gasteiger partial charge < -0.3 is 10.6 Å². The Morgan fingerprint density at radius 1 is 1.33 bits per heavy atom. The fraction of sp³-hybridized carbons (Fsp3) is 0.375. The predicted molar refractivity (Wildman–Crippen MR) is 94.4 cm³/mol. The van der Waals surface area contributed by atoms with E-state index in [4.69, 9.17) is 0 Å². The summed E-state index contributed by atoms with van der Waals surface area (Å²) in [6.45, 7) is 1.77. The Balaban J connectivity index is 1.45. The summed E-state index contributed by atoms with van der Waals surface area (Å²) >= 11 is 2.85. The lowest BCUT2D eigenvalue weighted by Gasteiger charge is -2.27. The van der Waals surface area contributed by atoms with Gasteiger partial charge in [-0.1, -0.05) is 30.4 Å². The lowest BCUT2D eigenvalue weighted by atomic mass is 10.1. The van der Waals surface area contributed by atoms with Crippen LogP contribution in [0, 0.1) is 5.92 Å². The van der Waals surface area contributed by atoms with Gasteiger partial charge in [0.15, 0.2) is 0 Å². The monoisotopic (exact) mass is 360 g/mol. The minimum absolute atomic E-state index is 0.141. The first kappa shape index (κ1) is 15.6. The lowest BCUT2D eigenvalue weighted by molar-refractivity contribution is -0.123. The van der Waals surface area contributed by atoms with Crippen LogP contribution in [0.15, 0.2) is 29.2 Å². The maximum Gasteiger partial charge on any atom is 0.238 e. The molecule has 1 aromatic heterocycles. The molecule has 1 fully saturated rings. The first-order valence-electron chi connectivity index (χ1n) is 7.82. The Morgan fingerprint density at radius 2 is 2.12 bits per heavy atom. The highest BCUT2D eigenvalue weighted by Gasteiger charge is 2.35. The minimum Gasteiger partial charge on any atom is -0.324 e. The van der Waals surface area contributed by atoms with E-state index in [0.29, 0.717) is 11.0 Å². The molecule has 1 aromatic carbocycles. The van der Waals surface area contributed by atoms with Crippen molar-refractivity contribution in [2.45, 2.75) is 35.8 Å². The maximum atomic E-state index is 12.5. The van der Waals surface area contributed by atoms with E-state index in [2.05, 4.69) is 20.8 Å². The van der Waals surface area contributed by atoms with Gasteiger partial charge in [0.1, 0.15) is 5.01 Å². The van der Waals surface area contributed by atoms with E-state index in [1.807, 2.05) is 24.3 Å². The number of carbonyl (C=O) groups excluding carboxylic acids is 2. The van der Waals surface area contributed by atoms with Crippen molar-refractivity contribution in [3.63, 3.8) is 0 Å². The highest BCUT2D eigenvalue weighted by molar-refractivity contribution is 8.01. The number of para-hydroxylation sites is 1. The molecule has 2 atom stereocenters. The second-order valence-corrected chi connectivity index (χ2v) is 8.21. The van der Waals surface area contributed by atoms with Gasteiger partial charge in [-0.3, -0.25) is 9.59 Å². The molecule has 6 nitrogen and oxygen atoms in total. The third-order valence-corrected chi connectivity index (χ3v) is 6.61. The van der Waals surface area contributed by atoms with Crippen LogP contribution >= 0.6 is 23.1 Å². The molecule has 0 spiro atoms. The average molecular weight is 360 g/mol. The van der Waals surface area contributed by atoms with Gasteiger partial charge in [0.25, 0.3) is 0 Å². The molecular formula is C16H16N4O2S2.